The Hall–Kier alpha value is -2.43. The fourth-order valence-electron chi connectivity index (χ4n) is 1.96. The van der Waals surface area contributed by atoms with Crippen LogP contribution in [-0.2, 0) is 11.2 Å². The Morgan fingerprint density at radius 2 is 2.05 bits per heavy atom. The van der Waals surface area contributed by atoms with Gasteiger partial charge in [0.05, 0.1) is 13.0 Å². The summed E-state index contributed by atoms with van der Waals surface area (Å²) in [6, 6.07) is 9.06. The van der Waals surface area contributed by atoms with Gasteiger partial charge in [-0.05, 0) is 35.7 Å². The van der Waals surface area contributed by atoms with Gasteiger partial charge in [-0.25, -0.2) is 9.37 Å². The van der Waals surface area contributed by atoms with Crippen LogP contribution in [0.2, 0.25) is 0 Å². The Balaban J connectivity index is 2.26. The van der Waals surface area contributed by atoms with E-state index in [-0.39, 0.29) is 12.2 Å². The molecule has 0 radical (unpaired) electrons. The fraction of sp³-hybridized carbons (Fsp3) is 0.200. The zero-order valence-electron chi connectivity index (χ0n) is 10.9. The molecule has 1 N–H and O–H groups in total. The molecule has 1 aromatic carbocycles. The summed E-state index contributed by atoms with van der Waals surface area (Å²) >= 11 is 0. The SMILES string of the molecule is COc1cc(C(Cc2ccc(F)cc2)C(=O)O)ccn1. The number of ether oxygens (including phenoxy) is 1. The normalized spacial score (nSPS) is 11.9. The number of hydrogen-bond donors (Lipinski definition) is 1. The van der Waals surface area contributed by atoms with Crippen LogP contribution in [0.4, 0.5) is 4.39 Å². The molecule has 1 heterocycles. The number of carboxylic acid groups (broad SMARTS) is 1. The minimum Gasteiger partial charge on any atom is -0.481 e. The van der Waals surface area contributed by atoms with Crippen LogP contribution >= 0.6 is 0 Å². The van der Waals surface area contributed by atoms with Crippen LogP contribution in [0.5, 0.6) is 5.88 Å². The topological polar surface area (TPSA) is 59.4 Å². The Labute approximate surface area is 115 Å². The molecule has 20 heavy (non-hydrogen) atoms. The third kappa shape index (κ3) is 3.32. The van der Waals surface area contributed by atoms with E-state index in [1.54, 1.807) is 24.3 Å². The van der Waals surface area contributed by atoms with Crippen LogP contribution in [0.25, 0.3) is 0 Å². The van der Waals surface area contributed by atoms with Crippen molar-refractivity contribution in [2.75, 3.05) is 7.11 Å². The highest BCUT2D eigenvalue weighted by Crippen LogP contribution is 2.23. The van der Waals surface area contributed by atoms with Crippen molar-refractivity contribution in [1.82, 2.24) is 4.98 Å². The maximum absolute atomic E-state index is 12.9. The van der Waals surface area contributed by atoms with Gasteiger partial charge >= 0.3 is 5.97 Å². The number of halogens is 1. The highest BCUT2D eigenvalue weighted by molar-refractivity contribution is 5.76. The number of carbonyl (C=O) groups is 1. The van der Waals surface area contributed by atoms with E-state index in [0.717, 1.165) is 5.56 Å². The molecule has 0 amide bonds. The van der Waals surface area contributed by atoms with E-state index in [1.165, 1.54) is 25.4 Å². The van der Waals surface area contributed by atoms with Crippen molar-refractivity contribution in [1.29, 1.82) is 0 Å². The van der Waals surface area contributed by atoms with E-state index in [1.807, 2.05) is 0 Å². The second-order valence-corrected chi connectivity index (χ2v) is 4.35. The minimum atomic E-state index is -0.942. The van der Waals surface area contributed by atoms with Crippen molar-refractivity contribution >= 4 is 5.97 Å². The Bertz CT molecular complexity index is 598. The van der Waals surface area contributed by atoms with Crippen molar-refractivity contribution in [2.24, 2.45) is 0 Å². The molecule has 0 aliphatic heterocycles. The summed E-state index contributed by atoms with van der Waals surface area (Å²) in [5, 5.41) is 9.37. The Kier molecular flexibility index (Phi) is 4.30. The molecule has 5 heteroatoms. The molecule has 1 unspecified atom stereocenters. The predicted molar refractivity (Wildman–Crippen MR) is 71.3 cm³/mol. The maximum Gasteiger partial charge on any atom is 0.311 e. The van der Waals surface area contributed by atoms with Gasteiger partial charge in [-0.2, -0.15) is 0 Å². The summed E-state index contributed by atoms with van der Waals surface area (Å²) in [6.07, 6.45) is 1.79. The maximum atomic E-state index is 12.9. The average Bonchev–Trinajstić information content (AvgIpc) is 2.46. The van der Waals surface area contributed by atoms with Gasteiger partial charge in [0.2, 0.25) is 5.88 Å². The zero-order chi connectivity index (χ0) is 14.5. The summed E-state index contributed by atoms with van der Waals surface area (Å²) < 4.78 is 17.9. The number of rotatable bonds is 5. The average molecular weight is 275 g/mol. The number of methoxy groups -OCH3 is 1. The summed E-state index contributed by atoms with van der Waals surface area (Å²) in [7, 11) is 1.47. The molecule has 2 aromatic rings. The van der Waals surface area contributed by atoms with Crippen molar-refractivity contribution < 1.29 is 19.0 Å². The standard InChI is InChI=1S/C15H14FNO3/c1-20-14-9-11(6-7-17-14)13(15(18)19)8-10-2-4-12(16)5-3-10/h2-7,9,13H,8H2,1H3,(H,18,19). The Morgan fingerprint density at radius 1 is 1.35 bits per heavy atom. The van der Waals surface area contributed by atoms with Gasteiger partial charge < -0.3 is 9.84 Å². The first kappa shape index (κ1) is 14.0. The first-order chi connectivity index (χ1) is 9.60. The van der Waals surface area contributed by atoms with Crippen molar-refractivity contribution in [3.8, 4) is 5.88 Å². The number of benzene rings is 1. The van der Waals surface area contributed by atoms with Crippen LogP contribution in [0, 0.1) is 5.82 Å². The predicted octanol–water partition coefficient (Wildman–Crippen LogP) is 2.64. The van der Waals surface area contributed by atoms with E-state index >= 15 is 0 Å². The molecular formula is C15H14FNO3. The van der Waals surface area contributed by atoms with Crippen molar-refractivity contribution in [2.45, 2.75) is 12.3 Å². The highest BCUT2D eigenvalue weighted by atomic mass is 19.1. The van der Waals surface area contributed by atoms with Crippen LogP contribution in [0.15, 0.2) is 42.6 Å². The number of nitrogens with zero attached hydrogens (tertiary/aromatic N) is 1. The van der Waals surface area contributed by atoms with Crippen molar-refractivity contribution in [3.05, 3.63) is 59.5 Å². The third-order valence-corrected chi connectivity index (χ3v) is 3.02. The molecule has 1 aromatic heterocycles. The molecule has 0 saturated carbocycles. The Morgan fingerprint density at radius 3 is 2.65 bits per heavy atom. The molecule has 2 rings (SSSR count). The first-order valence-corrected chi connectivity index (χ1v) is 6.07. The summed E-state index contributed by atoms with van der Waals surface area (Å²) in [5.74, 6) is -1.64. The molecule has 0 aliphatic carbocycles. The molecule has 0 spiro atoms. The van der Waals surface area contributed by atoms with E-state index in [0.29, 0.717) is 11.4 Å². The molecule has 0 bridgehead atoms. The smallest absolute Gasteiger partial charge is 0.311 e. The van der Waals surface area contributed by atoms with Gasteiger partial charge in [-0.3, -0.25) is 4.79 Å². The van der Waals surface area contributed by atoms with E-state index in [9.17, 15) is 14.3 Å². The monoisotopic (exact) mass is 275 g/mol. The van der Waals surface area contributed by atoms with Gasteiger partial charge in [-0.1, -0.05) is 12.1 Å². The van der Waals surface area contributed by atoms with E-state index in [4.69, 9.17) is 4.74 Å². The lowest BCUT2D eigenvalue weighted by molar-refractivity contribution is -0.138. The van der Waals surface area contributed by atoms with Crippen LogP contribution in [0.3, 0.4) is 0 Å². The number of carboxylic acids is 1. The van der Waals surface area contributed by atoms with Gasteiger partial charge in [0.1, 0.15) is 5.82 Å². The lowest BCUT2D eigenvalue weighted by atomic mass is 9.93. The van der Waals surface area contributed by atoms with Gasteiger partial charge in [0.25, 0.3) is 0 Å². The second-order valence-electron chi connectivity index (χ2n) is 4.35. The van der Waals surface area contributed by atoms with Gasteiger partial charge in [0, 0.05) is 12.3 Å². The lowest BCUT2D eigenvalue weighted by Crippen LogP contribution is -2.14. The van der Waals surface area contributed by atoms with Crippen LogP contribution in [-0.4, -0.2) is 23.2 Å². The third-order valence-electron chi connectivity index (χ3n) is 3.02. The van der Waals surface area contributed by atoms with Gasteiger partial charge in [0.15, 0.2) is 0 Å². The number of hydrogen-bond acceptors (Lipinski definition) is 3. The first-order valence-electron chi connectivity index (χ1n) is 6.07. The lowest BCUT2D eigenvalue weighted by Gasteiger charge is -2.13. The number of aromatic nitrogens is 1. The fourth-order valence-corrected chi connectivity index (χ4v) is 1.96. The largest absolute Gasteiger partial charge is 0.481 e. The van der Waals surface area contributed by atoms with Crippen LogP contribution < -0.4 is 4.74 Å². The second kappa shape index (κ2) is 6.14. The molecule has 104 valence electrons. The zero-order valence-corrected chi connectivity index (χ0v) is 10.9. The molecule has 0 saturated heterocycles. The number of pyridine rings is 1. The molecule has 0 aliphatic rings. The van der Waals surface area contributed by atoms with E-state index in [2.05, 4.69) is 4.98 Å². The quantitative estimate of drug-likeness (QED) is 0.911. The van der Waals surface area contributed by atoms with E-state index < -0.39 is 11.9 Å². The molecule has 0 fully saturated rings. The molecule has 1 atom stereocenters. The molecule has 4 nitrogen and oxygen atoms in total. The molecular weight excluding hydrogens is 261 g/mol. The minimum absolute atomic E-state index is 0.281. The summed E-state index contributed by atoms with van der Waals surface area (Å²) in [6.45, 7) is 0. The van der Waals surface area contributed by atoms with Crippen LogP contribution in [0.1, 0.15) is 17.0 Å². The van der Waals surface area contributed by atoms with Crippen molar-refractivity contribution in [3.63, 3.8) is 0 Å². The summed E-state index contributed by atoms with van der Waals surface area (Å²) in [5.41, 5.74) is 1.36. The highest BCUT2D eigenvalue weighted by Gasteiger charge is 2.21. The number of aliphatic carboxylic acids is 1. The summed E-state index contributed by atoms with van der Waals surface area (Å²) in [4.78, 5) is 15.4. The van der Waals surface area contributed by atoms with Gasteiger partial charge in [-0.15, -0.1) is 0 Å².